The highest BCUT2D eigenvalue weighted by molar-refractivity contribution is 6.30. The molecule has 0 unspecified atom stereocenters. The zero-order chi connectivity index (χ0) is 12.4. The van der Waals surface area contributed by atoms with Gasteiger partial charge in [0.2, 0.25) is 0 Å². The van der Waals surface area contributed by atoms with Crippen molar-refractivity contribution in [1.82, 2.24) is 4.90 Å². The molecule has 92 valence electrons. The maximum Gasteiger partial charge on any atom is 0.171 e. The lowest BCUT2D eigenvalue weighted by Gasteiger charge is -2.17. The number of Topliss-reactive ketones (excluding diaryl/α,β-unsaturated/α-hetero) is 1. The Kier molecular flexibility index (Phi) is 3.69. The van der Waals surface area contributed by atoms with E-state index in [1.165, 1.54) is 0 Å². The van der Waals surface area contributed by atoms with Crippen molar-refractivity contribution in [2.75, 3.05) is 27.2 Å². The number of fused-ring (bicyclic) bond motifs is 1. The molecule has 0 aliphatic carbocycles. The molecule has 0 saturated heterocycles. The molecule has 0 aromatic heterocycles. The predicted octanol–water partition coefficient (Wildman–Crippen LogP) is 2.48. The van der Waals surface area contributed by atoms with Crippen LogP contribution in [0.1, 0.15) is 16.8 Å². The van der Waals surface area contributed by atoms with Crippen molar-refractivity contribution < 1.29 is 9.53 Å². The number of halogens is 1. The molecule has 1 aliphatic heterocycles. The van der Waals surface area contributed by atoms with E-state index in [-0.39, 0.29) is 11.7 Å². The molecular weight excluding hydrogens is 238 g/mol. The fraction of sp³-hybridized carbons (Fsp3) is 0.462. The maximum absolute atomic E-state index is 12.3. The van der Waals surface area contributed by atoms with Gasteiger partial charge in [0.15, 0.2) is 5.78 Å². The highest BCUT2D eigenvalue weighted by Crippen LogP contribution is 2.29. The summed E-state index contributed by atoms with van der Waals surface area (Å²) in [6.45, 7) is 1.32. The van der Waals surface area contributed by atoms with E-state index in [0.717, 1.165) is 13.0 Å². The van der Waals surface area contributed by atoms with Gasteiger partial charge in [0, 0.05) is 17.5 Å². The van der Waals surface area contributed by atoms with Crippen molar-refractivity contribution in [3.05, 3.63) is 28.8 Å². The van der Waals surface area contributed by atoms with Crippen molar-refractivity contribution in [3.8, 4) is 5.75 Å². The standard InChI is InChI=1S/C13H16ClNO2/c1-15(2)8-9-5-6-17-12-7-10(14)3-4-11(12)13(9)16/h3-4,7,9H,5-6,8H2,1-2H3/t9-/m1/s1. The lowest BCUT2D eigenvalue weighted by Crippen LogP contribution is -2.27. The Labute approximate surface area is 106 Å². The summed E-state index contributed by atoms with van der Waals surface area (Å²) in [6.07, 6.45) is 0.753. The first-order valence-electron chi connectivity index (χ1n) is 5.69. The van der Waals surface area contributed by atoms with Crippen LogP contribution < -0.4 is 4.74 Å². The number of carbonyl (C=O) groups is 1. The maximum atomic E-state index is 12.3. The van der Waals surface area contributed by atoms with Gasteiger partial charge in [0.1, 0.15) is 5.75 Å². The number of rotatable bonds is 2. The summed E-state index contributed by atoms with van der Waals surface area (Å²) < 4.78 is 5.59. The molecule has 1 atom stereocenters. The van der Waals surface area contributed by atoms with E-state index in [9.17, 15) is 4.79 Å². The summed E-state index contributed by atoms with van der Waals surface area (Å²) in [4.78, 5) is 14.4. The van der Waals surface area contributed by atoms with E-state index in [0.29, 0.717) is 22.9 Å². The highest BCUT2D eigenvalue weighted by atomic mass is 35.5. The summed E-state index contributed by atoms with van der Waals surface area (Å²) in [7, 11) is 3.95. The van der Waals surface area contributed by atoms with E-state index in [4.69, 9.17) is 16.3 Å². The third-order valence-electron chi connectivity index (χ3n) is 2.89. The molecule has 1 aromatic rings. The molecule has 1 heterocycles. The summed E-state index contributed by atoms with van der Waals surface area (Å²) in [5, 5.41) is 0.600. The SMILES string of the molecule is CN(C)C[C@H]1CCOc2cc(Cl)ccc2C1=O. The predicted molar refractivity (Wildman–Crippen MR) is 67.9 cm³/mol. The number of ketones is 1. The zero-order valence-corrected chi connectivity index (χ0v) is 10.8. The Morgan fingerprint density at radius 2 is 2.24 bits per heavy atom. The fourth-order valence-electron chi connectivity index (χ4n) is 2.10. The van der Waals surface area contributed by atoms with Crippen molar-refractivity contribution in [1.29, 1.82) is 0 Å². The largest absolute Gasteiger partial charge is 0.493 e. The average molecular weight is 254 g/mol. The van der Waals surface area contributed by atoms with Crippen LogP contribution in [0.15, 0.2) is 18.2 Å². The molecule has 1 aromatic carbocycles. The van der Waals surface area contributed by atoms with Gasteiger partial charge in [-0.25, -0.2) is 0 Å². The van der Waals surface area contributed by atoms with Crippen LogP contribution in [0.4, 0.5) is 0 Å². The molecule has 17 heavy (non-hydrogen) atoms. The number of carbonyl (C=O) groups excluding carboxylic acids is 1. The topological polar surface area (TPSA) is 29.5 Å². The molecule has 3 nitrogen and oxygen atoms in total. The van der Waals surface area contributed by atoms with E-state index < -0.39 is 0 Å². The second-order valence-electron chi connectivity index (χ2n) is 4.60. The summed E-state index contributed by atoms with van der Waals surface area (Å²) in [6, 6.07) is 5.21. The van der Waals surface area contributed by atoms with Crippen LogP contribution in [-0.4, -0.2) is 37.9 Å². The molecule has 2 rings (SSSR count). The first-order chi connectivity index (χ1) is 8.08. The van der Waals surface area contributed by atoms with Crippen molar-refractivity contribution in [3.63, 3.8) is 0 Å². The molecular formula is C13H16ClNO2. The molecule has 0 bridgehead atoms. The van der Waals surface area contributed by atoms with E-state index in [2.05, 4.69) is 0 Å². The Morgan fingerprint density at radius 3 is 2.94 bits per heavy atom. The van der Waals surface area contributed by atoms with Crippen molar-refractivity contribution in [2.45, 2.75) is 6.42 Å². The number of hydrogen-bond donors (Lipinski definition) is 0. The highest BCUT2D eigenvalue weighted by Gasteiger charge is 2.26. The van der Waals surface area contributed by atoms with Crippen molar-refractivity contribution >= 4 is 17.4 Å². The molecule has 0 radical (unpaired) electrons. The Balaban J connectivity index is 2.30. The zero-order valence-electron chi connectivity index (χ0n) is 10.1. The monoisotopic (exact) mass is 253 g/mol. The van der Waals surface area contributed by atoms with Gasteiger partial charge in [0.25, 0.3) is 0 Å². The van der Waals surface area contributed by atoms with Crippen LogP contribution >= 0.6 is 11.6 Å². The van der Waals surface area contributed by atoms with Gasteiger partial charge in [-0.15, -0.1) is 0 Å². The number of nitrogens with zero attached hydrogens (tertiary/aromatic N) is 1. The first kappa shape index (κ1) is 12.4. The average Bonchev–Trinajstić information content (AvgIpc) is 2.39. The molecule has 0 spiro atoms. The molecule has 0 fully saturated rings. The summed E-state index contributed by atoms with van der Waals surface area (Å²) >= 11 is 5.90. The second kappa shape index (κ2) is 5.07. The van der Waals surface area contributed by atoms with Gasteiger partial charge < -0.3 is 9.64 Å². The molecule has 0 N–H and O–H groups in total. The van der Waals surface area contributed by atoms with Crippen LogP contribution in [0.25, 0.3) is 0 Å². The quantitative estimate of drug-likeness (QED) is 0.811. The number of ether oxygens (including phenoxy) is 1. The van der Waals surface area contributed by atoms with Gasteiger partial charge in [-0.1, -0.05) is 11.6 Å². The number of benzene rings is 1. The summed E-state index contributed by atoms with van der Waals surface area (Å²) in [5.41, 5.74) is 0.652. The minimum atomic E-state index is 0.00688. The van der Waals surface area contributed by atoms with E-state index >= 15 is 0 Å². The van der Waals surface area contributed by atoms with Crippen LogP contribution in [0, 0.1) is 5.92 Å². The van der Waals surface area contributed by atoms with E-state index in [1.54, 1.807) is 18.2 Å². The normalized spacial score (nSPS) is 19.8. The van der Waals surface area contributed by atoms with Crippen LogP contribution in [0.2, 0.25) is 5.02 Å². The Morgan fingerprint density at radius 1 is 1.47 bits per heavy atom. The lowest BCUT2D eigenvalue weighted by atomic mass is 9.95. The van der Waals surface area contributed by atoms with Gasteiger partial charge in [-0.2, -0.15) is 0 Å². The Hall–Kier alpha value is -1.06. The van der Waals surface area contributed by atoms with Crippen LogP contribution in [0.3, 0.4) is 0 Å². The molecule has 1 aliphatic rings. The van der Waals surface area contributed by atoms with Crippen molar-refractivity contribution in [2.24, 2.45) is 5.92 Å². The smallest absolute Gasteiger partial charge is 0.171 e. The summed E-state index contributed by atoms with van der Waals surface area (Å²) in [5.74, 6) is 0.777. The second-order valence-corrected chi connectivity index (χ2v) is 5.04. The number of hydrogen-bond acceptors (Lipinski definition) is 3. The van der Waals surface area contributed by atoms with Crippen LogP contribution in [0.5, 0.6) is 5.75 Å². The van der Waals surface area contributed by atoms with E-state index in [1.807, 2.05) is 19.0 Å². The third-order valence-corrected chi connectivity index (χ3v) is 3.12. The first-order valence-corrected chi connectivity index (χ1v) is 6.07. The molecule has 0 amide bonds. The lowest BCUT2D eigenvalue weighted by molar-refractivity contribution is 0.0891. The van der Waals surface area contributed by atoms with Crippen LogP contribution in [-0.2, 0) is 0 Å². The van der Waals surface area contributed by atoms with Gasteiger partial charge >= 0.3 is 0 Å². The van der Waals surface area contributed by atoms with Gasteiger partial charge in [0.05, 0.1) is 12.2 Å². The minimum absolute atomic E-state index is 0.00688. The molecule has 0 saturated carbocycles. The van der Waals surface area contributed by atoms with Gasteiger partial charge in [-0.05, 0) is 38.7 Å². The van der Waals surface area contributed by atoms with Gasteiger partial charge in [-0.3, -0.25) is 4.79 Å². The Bertz CT molecular complexity index is 431. The molecule has 4 heteroatoms. The minimum Gasteiger partial charge on any atom is -0.493 e. The fourth-order valence-corrected chi connectivity index (χ4v) is 2.26. The third kappa shape index (κ3) is 2.79.